The number of halogens is 2. The number of aromatic nitrogens is 2. The molecule has 0 aromatic carbocycles. The zero-order valence-electron chi connectivity index (χ0n) is 10.9. The first kappa shape index (κ1) is 15.2. The fourth-order valence-corrected chi connectivity index (χ4v) is 1.94. The van der Waals surface area contributed by atoms with Gasteiger partial charge in [-0.3, -0.25) is 0 Å². The molecule has 2 heterocycles. The van der Waals surface area contributed by atoms with Crippen LogP contribution in [0.3, 0.4) is 0 Å². The molecule has 0 spiro atoms. The zero-order chi connectivity index (χ0) is 12.5. The standard InChI is InChI=1S/C11H19FN4O.ClH/c1-11(2,12)9-14-10(17-15-9)16-6-4-8(13-3)5-7-16;/h8,13H,4-7H2,1-3H3;1H. The summed E-state index contributed by atoms with van der Waals surface area (Å²) in [4.78, 5) is 6.12. The van der Waals surface area contributed by atoms with E-state index in [1.165, 1.54) is 13.8 Å². The van der Waals surface area contributed by atoms with E-state index in [0.717, 1.165) is 25.9 Å². The van der Waals surface area contributed by atoms with E-state index in [1.54, 1.807) is 0 Å². The molecule has 0 radical (unpaired) electrons. The van der Waals surface area contributed by atoms with Gasteiger partial charge in [0, 0.05) is 19.1 Å². The van der Waals surface area contributed by atoms with Crippen LogP contribution in [0.25, 0.3) is 0 Å². The maximum absolute atomic E-state index is 13.6. The third-order valence-corrected chi connectivity index (χ3v) is 3.12. The number of rotatable bonds is 3. The summed E-state index contributed by atoms with van der Waals surface area (Å²) in [6.45, 7) is 4.57. The van der Waals surface area contributed by atoms with E-state index in [0.29, 0.717) is 12.1 Å². The van der Waals surface area contributed by atoms with Crippen LogP contribution in [-0.2, 0) is 5.67 Å². The molecule has 0 bridgehead atoms. The van der Waals surface area contributed by atoms with E-state index in [1.807, 2.05) is 11.9 Å². The molecule has 1 aromatic heterocycles. The molecule has 1 N–H and O–H groups in total. The molecular formula is C11H20ClFN4O. The Hall–Kier alpha value is -0.880. The Morgan fingerprint density at radius 3 is 2.44 bits per heavy atom. The zero-order valence-corrected chi connectivity index (χ0v) is 11.8. The summed E-state index contributed by atoms with van der Waals surface area (Å²) in [5.41, 5.74) is -1.55. The van der Waals surface area contributed by atoms with Crippen molar-refractivity contribution in [1.29, 1.82) is 0 Å². The summed E-state index contributed by atoms with van der Waals surface area (Å²) in [7, 11) is 1.97. The van der Waals surface area contributed by atoms with Crippen molar-refractivity contribution in [3.05, 3.63) is 5.82 Å². The Morgan fingerprint density at radius 1 is 1.39 bits per heavy atom. The van der Waals surface area contributed by atoms with Gasteiger partial charge in [0.25, 0.3) is 0 Å². The molecule has 7 heteroatoms. The molecule has 1 aromatic rings. The highest BCUT2D eigenvalue weighted by molar-refractivity contribution is 5.85. The van der Waals surface area contributed by atoms with Crippen molar-refractivity contribution in [2.24, 2.45) is 0 Å². The highest BCUT2D eigenvalue weighted by Gasteiger charge is 2.28. The van der Waals surface area contributed by atoms with Gasteiger partial charge in [-0.15, -0.1) is 12.4 Å². The van der Waals surface area contributed by atoms with Gasteiger partial charge in [0.2, 0.25) is 5.82 Å². The number of nitrogens with zero attached hydrogens (tertiary/aromatic N) is 3. The average Bonchev–Trinajstić information content (AvgIpc) is 2.78. The van der Waals surface area contributed by atoms with Crippen molar-refractivity contribution in [3.63, 3.8) is 0 Å². The van der Waals surface area contributed by atoms with Crippen molar-refractivity contribution in [3.8, 4) is 0 Å². The smallest absolute Gasteiger partial charge is 0.324 e. The van der Waals surface area contributed by atoms with Crippen molar-refractivity contribution in [2.75, 3.05) is 25.0 Å². The lowest BCUT2D eigenvalue weighted by molar-refractivity contribution is 0.199. The SMILES string of the molecule is CNC1CCN(c2nc(C(C)(C)F)no2)CC1.Cl. The average molecular weight is 279 g/mol. The quantitative estimate of drug-likeness (QED) is 0.915. The maximum atomic E-state index is 13.6. The minimum absolute atomic E-state index is 0. The van der Waals surface area contributed by atoms with Crippen LogP contribution in [0.4, 0.5) is 10.4 Å². The third-order valence-electron chi connectivity index (χ3n) is 3.12. The summed E-state index contributed by atoms with van der Waals surface area (Å²) in [5.74, 6) is 0.114. The first-order valence-electron chi connectivity index (χ1n) is 5.96. The fourth-order valence-electron chi connectivity index (χ4n) is 1.94. The molecule has 0 amide bonds. The van der Waals surface area contributed by atoms with Crippen LogP contribution in [0.15, 0.2) is 4.52 Å². The van der Waals surface area contributed by atoms with Gasteiger partial charge < -0.3 is 14.7 Å². The predicted octanol–water partition coefficient (Wildman–Crippen LogP) is 1.88. The highest BCUT2D eigenvalue weighted by atomic mass is 35.5. The fraction of sp³-hybridized carbons (Fsp3) is 0.818. The van der Waals surface area contributed by atoms with Crippen molar-refractivity contribution >= 4 is 18.4 Å². The molecule has 5 nitrogen and oxygen atoms in total. The lowest BCUT2D eigenvalue weighted by Gasteiger charge is -2.30. The second-order valence-electron chi connectivity index (χ2n) is 4.92. The van der Waals surface area contributed by atoms with Gasteiger partial charge in [-0.1, -0.05) is 5.16 Å². The molecule has 0 aliphatic carbocycles. The number of alkyl halides is 1. The van der Waals surface area contributed by atoms with Gasteiger partial charge >= 0.3 is 6.01 Å². The Bertz CT molecular complexity index is 371. The van der Waals surface area contributed by atoms with Crippen LogP contribution in [0, 0.1) is 0 Å². The first-order valence-corrected chi connectivity index (χ1v) is 5.96. The molecule has 104 valence electrons. The molecule has 0 saturated carbocycles. The second-order valence-corrected chi connectivity index (χ2v) is 4.92. The topological polar surface area (TPSA) is 54.2 Å². The minimum atomic E-state index is -1.55. The largest absolute Gasteiger partial charge is 0.324 e. The number of nitrogens with one attached hydrogen (secondary N) is 1. The van der Waals surface area contributed by atoms with Crippen molar-refractivity contribution < 1.29 is 8.91 Å². The monoisotopic (exact) mass is 278 g/mol. The molecule has 1 saturated heterocycles. The number of piperidine rings is 1. The Balaban J connectivity index is 0.00000162. The molecule has 1 fully saturated rings. The summed E-state index contributed by atoms with van der Waals surface area (Å²) >= 11 is 0. The van der Waals surface area contributed by atoms with Crippen LogP contribution in [-0.4, -0.2) is 36.3 Å². The van der Waals surface area contributed by atoms with Gasteiger partial charge in [-0.05, 0) is 33.7 Å². The van der Waals surface area contributed by atoms with Gasteiger partial charge in [0.1, 0.15) is 0 Å². The van der Waals surface area contributed by atoms with Crippen molar-refractivity contribution in [2.45, 2.75) is 38.4 Å². The lowest BCUT2D eigenvalue weighted by Crippen LogP contribution is -2.41. The van der Waals surface area contributed by atoms with E-state index in [-0.39, 0.29) is 18.2 Å². The summed E-state index contributed by atoms with van der Waals surface area (Å²) in [6, 6.07) is 0.978. The predicted molar refractivity (Wildman–Crippen MR) is 70.0 cm³/mol. The molecule has 2 rings (SSSR count). The minimum Gasteiger partial charge on any atom is -0.324 e. The lowest BCUT2D eigenvalue weighted by atomic mass is 10.1. The number of anilines is 1. The first-order chi connectivity index (χ1) is 8.00. The normalized spacial score (nSPS) is 17.7. The Labute approximate surface area is 113 Å². The van der Waals surface area contributed by atoms with Gasteiger partial charge in [0.15, 0.2) is 5.67 Å². The second kappa shape index (κ2) is 5.84. The summed E-state index contributed by atoms with van der Waals surface area (Å²) in [5, 5.41) is 6.94. The van der Waals surface area contributed by atoms with Crippen LogP contribution in [0.2, 0.25) is 0 Å². The molecule has 0 atom stereocenters. The number of hydrogen-bond donors (Lipinski definition) is 1. The molecule has 18 heavy (non-hydrogen) atoms. The van der Waals surface area contributed by atoms with Gasteiger partial charge in [-0.25, -0.2) is 4.39 Å². The Kier molecular flexibility index (Phi) is 4.92. The molecule has 1 aliphatic heterocycles. The number of hydrogen-bond acceptors (Lipinski definition) is 5. The third kappa shape index (κ3) is 3.32. The van der Waals surface area contributed by atoms with E-state index < -0.39 is 5.67 Å². The van der Waals surface area contributed by atoms with E-state index in [4.69, 9.17) is 4.52 Å². The Morgan fingerprint density at radius 2 is 2.00 bits per heavy atom. The molecule has 0 unspecified atom stereocenters. The van der Waals surface area contributed by atoms with Crippen LogP contribution >= 0.6 is 12.4 Å². The molecule has 1 aliphatic rings. The van der Waals surface area contributed by atoms with Crippen molar-refractivity contribution in [1.82, 2.24) is 15.5 Å². The van der Waals surface area contributed by atoms with E-state index in [2.05, 4.69) is 15.5 Å². The van der Waals surface area contributed by atoms with Crippen LogP contribution in [0.1, 0.15) is 32.5 Å². The highest BCUT2D eigenvalue weighted by Crippen LogP contribution is 2.25. The van der Waals surface area contributed by atoms with Gasteiger partial charge in [-0.2, -0.15) is 4.98 Å². The molecular weight excluding hydrogens is 259 g/mol. The van der Waals surface area contributed by atoms with E-state index in [9.17, 15) is 4.39 Å². The van der Waals surface area contributed by atoms with Crippen LogP contribution < -0.4 is 10.2 Å². The van der Waals surface area contributed by atoms with Gasteiger partial charge in [0.05, 0.1) is 0 Å². The summed E-state index contributed by atoms with van der Waals surface area (Å²) in [6.07, 6.45) is 2.07. The van der Waals surface area contributed by atoms with Crippen LogP contribution in [0.5, 0.6) is 0 Å². The summed E-state index contributed by atoms with van der Waals surface area (Å²) < 4.78 is 18.7. The maximum Gasteiger partial charge on any atom is 0.324 e. The van der Waals surface area contributed by atoms with E-state index >= 15 is 0 Å².